The number of unbranched alkanes of at least 4 members (excludes halogenated alkanes) is 2. The predicted octanol–water partition coefficient (Wildman–Crippen LogP) is 5.23. The summed E-state index contributed by atoms with van der Waals surface area (Å²) in [6.07, 6.45) is 4.98. The van der Waals surface area contributed by atoms with Crippen LogP contribution in [0, 0.1) is 0 Å². The van der Waals surface area contributed by atoms with Gasteiger partial charge in [-0.25, -0.2) is 0 Å². The van der Waals surface area contributed by atoms with Crippen LogP contribution in [-0.4, -0.2) is 26.6 Å². The van der Waals surface area contributed by atoms with E-state index in [1.807, 2.05) is 6.92 Å². The van der Waals surface area contributed by atoms with Crippen LogP contribution in [-0.2, 0) is 4.74 Å². The first-order valence-corrected chi connectivity index (χ1v) is 9.10. The van der Waals surface area contributed by atoms with Gasteiger partial charge in [0.25, 0.3) is 0 Å². The molecule has 0 aromatic carbocycles. The minimum Gasteiger partial charge on any atom is -0.366 e. The van der Waals surface area contributed by atoms with E-state index in [1.54, 1.807) is 0 Å². The molecular formula is C10H18Br4O. The Bertz CT molecular complexity index is 145. The molecule has 0 saturated carbocycles. The average molecular weight is 474 g/mol. The van der Waals surface area contributed by atoms with E-state index in [-0.39, 0.29) is 5.01 Å². The molecule has 0 aliphatic carbocycles. The molecule has 1 nitrogen and oxygen atoms in total. The monoisotopic (exact) mass is 470 g/mol. The van der Waals surface area contributed by atoms with E-state index in [1.165, 1.54) is 25.7 Å². The Hall–Kier alpha value is 1.88. The molecule has 0 heterocycles. The smallest absolute Gasteiger partial charge is 0.126 e. The van der Waals surface area contributed by atoms with Gasteiger partial charge in [0.05, 0.1) is 4.83 Å². The number of hydrogen-bond donors (Lipinski definition) is 0. The van der Waals surface area contributed by atoms with Gasteiger partial charge in [0.1, 0.15) is 5.01 Å². The van der Waals surface area contributed by atoms with Gasteiger partial charge in [-0.3, -0.25) is 0 Å². The van der Waals surface area contributed by atoms with E-state index in [0.717, 1.165) is 11.9 Å². The standard InChI is InChI=1S/C10H18Br4O/c1-2-15-10(14)9(13)8(12)6-4-3-5-7-11/h8-10H,2-7H2,1H3. The predicted molar refractivity (Wildman–Crippen MR) is 82.0 cm³/mol. The van der Waals surface area contributed by atoms with Crippen LogP contribution in [0.1, 0.15) is 32.6 Å². The van der Waals surface area contributed by atoms with Crippen molar-refractivity contribution in [1.29, 1.82) is 0 Å². The third kappa shape index (κ3) is 8.58. The first-order chi connectivity index (χ1) is 7.13. The fourth-order valence-corrected chi connectivity index (χ4v) is 3.64. The Morgan fingerprint density at radius 3 is 2.27 bits per heavy atom. The molecular weight excluding hydrogens is 456 g/mol. The number of hydrogen-bond acceptors (Lipinski definition) is 1. The van der Waals surface area contributed by atoms with Gasteiger partial charge in [0, 0.05) is 16.8 Å². The average Bonchev–Trinajstić information content (AvgIpc) is 2.23. The second-order valence-corrected chi connectivity index (χ2v) is 7.23. The highest BCUT2D eigenvalue weighted by Crippen LogP contribution is 2.27. The second-order valence-electron chi connectivity index (χ2n) is 3.31. The van der Waals surface area contributed by atoms with Crippen molar-refractivity contribution < 1.29 is 4.74 Å². The molecule has 0 radical (unpaired) electrons. The third-order valence-corrected chi connectivity index (χ3v) is 6.99. The van der Waals surface area contributed by atoms with E-state index in [9.17, 15) is 0 Å². The second kappa shape index (κ2) is 11.0. The van der Waals surface area contributed by atoms with Crippen LogP contribution in [0.5, 0.6) is 0 Å². The van der Waals surface area contributed by atoms with Crippen LogP contribution in [0.2, 0.25) is 0 Å². The summed E-state index contributed by atoms with van der Waals surface area (Å²) < 4.78 is 5.48. The van der Waals surface area contributed by atoms with E-state index in [0.29, 0.717) is 9.65 Å². The fourth-order valence-electron chi connectivity index (χ4n) is 1.19. The third-order valence-electron chi connectivity index (χ3n) is 2.04. The summed E-state index contributed by atoms with van der Waals surface area (Å²) in [4.78, 5) is 0.783. The van der Waals surface area contributed by atoms with Crippen LogP contribution >= 0.6 is 63.7 Å². The van der Waals surface area contributed by atoms with Crippen molar-refractivity contribution in [2.24, 2.45) is 0 Å². The Kier molecular flexibility index (Phi) is 12.4. The zero-order chi connectivity index (χ0) is 11.7. The summed E-state index contributed by atoms with van der Waals surface area (Å²) in [5, 5.41) is 1.19. The minimum atomic E-state index is 0.0862. The van der Waals surface area contributed by atoms with Crippen molar-refractivity contribution in [3.05, 3.63) is 0 Å². The molecule has 3 atom stereocenters. The molecule has 15 heavy (non-hydrogen) atoms. The van der Waals surface area contributed by atoms with Crippen LogP contribution < -0.4 is 0 Å². The Labute approximate surface area is 127 Å². The number of ether oxygens (including phenoxy) is 1. The molecule has 0 rings (SSSR count). The Morgan fingerprint density at radius 2 is 1.73 bits per heavy atom. The van der Waals surface area contributed by atoms with Gasteiger partial charge in [0.15, 0.2) is 0 Å². The maximum absolute atomic E-state index is 5.48. The van der Waals surface area contributed by atoms with Crippen molar-refractivity contribution in [1.82, 2.24) is 0 Å². The lowest BCUT2D eigenvalue weighted by Crippen LogP contribution is -2.26. The summed E-state index contributed by atoms with van der Waals surface area (Å²) in [7, 11) is 0. The van der Waals surface area contributed by atoms with Gasteiger partial charge >= 0.3 is 0 Å². The summed E-state index contributed by atoms with van der Waals surface area (Å²) >= 11 is 14.3. The molecule has 0 aromatic heterocycles. The molecule has 0 saturated heterocycles. The normalized spacial score (nSPS) is 17.4. The van der Waals surface area contributed by atoms with Gasteiger partial charge in [-0.2, -0.15) is 0 Å². The van der Waals surface area contributed by atoms with E-state index in [4.69, 9.17) is 4.74 Å². The number of alkyl halides is 4. The molecule has 92 valence electrons. The molecule has 0 spiro atoms. The molecule has 0 fully saturated rings. The van der Waals surface area contributed by atoms with Gasteiger partial charge in [-0.15, -0.1) is 0 Å². The van der Waals surface area contributed by atoms with Crippen LogP contribution in [0.4, 0.5) is 0 Å². The lowest BCUT2D eigenvalue weighted by atomic mass is 10.1. The highest BCUT2D eigenvalue weighted by atomic mass is 79.9. The largest absolute Gasteiger partial charge is 0.366 e. The molecule has 0 N–H and O–H groups in total. The van der Waals surface area contributed by atoms with E-state index >= 15 is 0 Å². The van der Waals surface area contributed by atoms with Crippen molar-refractivity contribution in [3.63, 3.8) is 0 Å². The molecule has 0 aliphatic heterocycles. The highest BCUT2D eigenvalue weighted by Gasteiger charge is 2.23. The molecule has 3 unspecified atom stereocenters. The summed E-state index contributed by atoms with van der Waals surface area (Å²) in [6, 6.07) is 0. The summed E-state index contributed by atoms with van der Waals surface area (Å²) in [5.41, 5.74) is 0. The quantitative estimate of drug-likeness (QED) is 0.329. The first kappa shape index (κ1) is 16.9. The van der Waals surface area contributed by atoms with Crippen molar-refractivity contribution in [2.45, 2.75) is 47.3 Å². The van der Waals surface area contributed by atoms with E-state index < -0.39 is 0 Å². The number of halogens is 4. The lowest BCUT2D eigenvalue weighted by molar-refractivity contribution is 0.128. The van der Waals surface area contributed by atoms with Crippen molar-refractivity contribution >= 4 is 63.7 Å². The first-order valence-electron chi connectivity index (χ1n) is 5.23. The molecule has 0 aliphatic rings. The van der Waals surface area contributed by atoms with Gasteiger partial charge < -0.3 is 4.74 Å². The van der Waals surface area contributed by atoms with Gasteiger partial charge in [-0.05, 0) is 19.8 Å². The van der Waals surface area contributed by atoms with Crippen LogP contribution in [0.15, 0.2) is 0 Å². The summed E-state index contributed by atoms with van der Waals surface area (Å²) in [5.74, 6) is 0. The fraction of sp³-hybridized carbons (Fsp3) is 1.00. The van der Waals surface area contributed by atoms with Crippen LogP contribution in [0.25, 0.3) is 0 Å². The molecule has 0 amide bonds. The molecule has 5 heteroatoms. The Balaban J connectivity index is 3.63. The highest BCUT2D eigenvalue weighted by molar-refractivity contribution is 9.13. The van der Waals surface area contributed by atoms with Crippen molar-refractivity contribution in [2.75, 3.05) is 11.9 Å². The van der Waals surface area contributed by atoms with Crippen LogP contribution in [0.3, 0.4) is 0 Å². The number of rotatable bonds is 9. The van der Waals surface area contributed by atoms with Gasteiger partial charge in [0.2, 0.25) is 0 Å². The topological polar surface area (TPSA) is 9.23 Å². The van der Waals surface area contributed by atoms with Crippen molar-refractivity contribution in [3.8, 4) is 0 Å². The SMILES string of the molecule is CCOC(Br)C(Br)C(Br)CCCCCBr. The minimum absolute atomic E-state index is 0.0862. The Morgan fingerprint density at radius 1 is 1.07 bits per heavy atom. The lowest BCUT2D eigenvalue weighted by Gasteiger charge is -2.21. The maximum Gasteiger partial charge on any atom is 0.126 e. The molecule has 0 bridgehead atoms. The molecule has 0 aromatic rings. The zero-order valence-electron chi connectivity index (χ0n) is 8.89. The zero-order valence-corrected chi connectivity index (χ0v) is 15.2. The van der Waals surface area contributed by atoms with E-state index in [2.05, 4.69) is 63.7 Å². The maximum atomic E-state index is 5.48. The van der Waals surface area contributed by atoms with Gasteiger partial charge in [-0.1, -0.05) is 76.6 Å². The summed E-state index contributed by atoms with van der Waals surface area (Å²) in [6.45, 7) is 2.74.